The standard InChI is InChI=1S/C16H26O3/c1-4-16(2,3)15(18)19-13-6-5-10-11-7-9(14(10)13)8-12(11)17/h9-14,17H,4-8H2,1-3H3. The predicted molar refractivity (Wildman–Crippen MR) is 72.4 cm³/mol. The highest BCUT2D eigenvalue weighted by Crippen LogP contribution is 2.59. The van der Waals surface area contributed by atoms with Crippen molar-refractivity contribution < 1.29 is 14.6 Å². The van der Waals surface area contributed by atoms with Gasteiger partial charge in [0, 0.05) is 5.92 Å². The monoisotopic (exact) mass is 266 g/mol. The average molecular weight is 266 g/mol. The van der Waals surface area contributed by atoms with Crippen LogP contribution in [-0.4, -0.2) is 23.3 Å². The molecule has 3 aliphatic carbocycles. The molecule has 0 aromatic heterocycles. The van der Waals surface area contributed by atoms with E-state index in [0.717, 1.165) is 32.1 Å². The molecule has 0 spiro atoms. The summed E-state index contributed by atoms with van der Waals surface area (Å²) in [6, 6.07) is 0. The van der Waals surface area contributed by atoms with Crippen molar-refractivity contribution >= 4 is 5.97 Å². The topological polar surface area (TPSA) is 46.5 Å². The van der Waals surface area contributed by atoms with Gasteiger partial charge in [0.25, 0.3) is 0 Å². The number of carbonyl (C=O) groups is 1. The van der Waals surface area contributed by atoms with Crippen molar-refractivity contribution in [3.63, 3.8) is 0 Å². The lowest BCUT2D eigenvalue weighted by molar-refractivity contribution is -0.163. The first-order valence-electron chi connectivity index (χ1n) is 7.83. The molecule has 2 bridgehead atoms. The Morgan fingerprint density at radius 3 is 2.68 bits per heavy atom. The zero-order valence-electron chi connectivity index (χ0n) is 12.3. The third-order valence-electron chi connectivity index (χ3n) is 6.11. The maximum Gasteiger partial charge on any atom is 0.311 e. The number of aliphatic hydroxyl groups is 1. The van der Waals surface area contributed by atoms with Gasteiger partial charge in [-0.1, -0.05) is 6.92 Å². The Labute approximate surface area is 115 Å². The van der Waals surface area contributed by atoms with E-state index >= 15 is 0 Å². The van der Waals surface area contributed by atoms with Gasteiger partial charge >= 0.3 is 5.97 Å². The van der Waals surface area contributed by atoms with E-state index in [-0.39, 0.29) is 23.6 Å². The Morgan fingerprint density at radius 2 is 2.00 bits per heavy atom. The van der Waals surface area contributed by atoms with Gasteiger partial charge in [-0.3, -0.25) is 4.79 Å². The zero-order chi connectivity index (χ0) is 13.8. The van der Waals surface area contributed by atoms with Crippen LogP contribution >= 0.6 is 0 Å². The quantitative estimate of drug-likeness (QED) is 0.799. The van der Waals surface area contributed by atoms with Gasteiger partial charge in [-0.2, -0.15) is 0 Å². The lowest BCUT2D eigenvalue weighted by Crippen LogP contribution is -2.36. The molecular weight excluding hydrogens is 240 g/mol. The minimum absolute atomic E-state index is 0.0380. The third kappa shape index (κ3) is 2.01. The fourth-order valence-electron chi connectivity index (χ4n) is 4.61. The molecule has 3 heteroatoms. The highest BCUT2D eigenvalue weighted by molar-refractivity contribution is 5.76. The van der Waals surface area contributed by atoms with E-state index in [9.17, 15) is 9.90 Å². The summed E-state index contributed by atoms with van der Waals surface area (Å²) >= 11 is 0. The number of esters is 1. The molecular formula is C16H26O3. The van der Waals surface area contributed by atoms with E-state index in [1.165, 1.54) is 0 Å². The fraction of sp³-hybridized carbons (Fsp3) is 0.938. The van der Waals surface area contributed by atoms with Gasteiger partial charge in [0.1, 0.15) is 6.10 Å². The van der Waals surface area contributed by atoms with Crippen LogP contribution in [0.25, 0.3) is 0 Å². The second-order valence-corrected chi connectivity index (χ2v) is 7.46. The van der Waals surface area contributed by atoms with E-state index < -0.39 is 0 Å². The zero-order valence-corrected chi connectivity index (χ0v) is 12.3. The Bertz CT molecular complexity index is 376. The molecule has 3 rings (SSSR count). The van der Waals surface area contributed by atoms with Gasteiger partial charge in [-0.25, -0.2) is 0 Å². The molecule has 0 amide bonds. The highest BCUT2D eigenvalue weighted by Gasteiger charge is 2.58. The summed E-state index contributed by atoms with van der Waals surface area (Å²) < 4.78 is 5.85. The highest BCUT2D eigenvalue weighted by atomic mass is 16.5. The third-order valence-corrected chi connectivity index (χ3v) is 6.11. The number of ether oxygens (including phenoxy) is 1. The fourth-order valence-corrected chi connectivity index (χ4v) is 4.61. The van der Waals surface area contributed by atoms with Crippen LogP contribution in [0.3, 0.4) is 0 Å². The molecule has 108 valence electrons. The van der Waals surface area contributed by atoms with Gasteiger partial charge in [0.05, 0.1) is 11.5 Å². The normalized spacial score (nSPS) is 44.4. The van der Waals surface area contributed by atoms with Crippen LogP contribution in [0.15, 0.2) is 0 Å². The number of hydrogen-bond donors (Lipinski definition) is 1. The molecule has 0 aliphatic heterocycles. The summed E-state index contributed by atoms with van der Waals surface area (Å²) in [4.78, 5) is 12.2. The van der Waals surface area contributed by atoms with Gasteiger partial charge in [-0.15, -0.1) is 0 Å². The van der Waals surface area contributed by atoms with E-state index in [1.807, 2.05) is 20.8 Å². The van der Waals surface area contributed by atoms with Gasteiger partial charge in [0.2, 0.25) is 0 Å². The van der Waals surface area contributed by atoms with Crippen molar-refractivity contribution in [3.05, 3.63) is 0 Å². The second kappa shape index (κ2) is 4.47. The van der Waals surface area contributed by atoms with Crippen molar-refractivity contribution in [2.45, 2.75) is 65.1 Å². The first-order chi connectivity index (χ1) is 8.94. The van der Waals surface area contributed by atoms with Gasteiger partial charge in [0.15, 0.2) is 0 Å². The minimum atomic E-state index is -0.366. The van der Waals surface area contributed by atoms with E-state index in [0.29, 0.717) is 23.7 Å². The number of fused-ring (bicyclic) bond motifs is 5. The molecule has 19 heavy (non-hydrogen) atoms. The van der Waals surface area contributed by atoms with Crippen LogP contribution in [0.4, 0.5) is 0 Å². The Hall–Kier alpha value is -0.570. The predicted octanol–water partition coefficient (Wildman–Crippen LogP) is 2.76. The van der Waals surface area contributed by atoms with Crippen LogP contribution in [0.2, 0.25) is 0 Å². The van der Waals surface area contributed by atoms with E-state index in [2.05, 4.69) is 0 Å². The van der Waals surface area contributed by atoms with Crippen molar-refractivity contribution in [1.82, 2.24) is 0 Å². The smallest absolute Gasteiger partial charge is 0.311 e. The number of carbonyl (C=O) groups excluding carboxylic acids is 1. The molecule has 3 nitrogen and oxygen atoms in total. The Balaban J connectivity index is 1.67. The van der Waals surface area contributed by atoms with Crippen molar-refractivity contribution in [1.29, 1.82) is 0 Å². The lowest BCUT2D eigenvalue weighted by Gasteiger charge is -2.32. The van der Waals surface area contributed by atoms with Gasteiger partial charge < -0.3 is 9.84 Å². The SMILES string of the molecule is CCC(C)(C)C(=O)OC1CCC2C3CC(CC3O)C12. The molecule has 1 N–H and O–H groups in total. The van der Waals surface area contributed by atoms with Crippen LogP contribution in [0.1, 0.15) is 52.9 Å². The summed E-state index contributed by atoms with van der Waals surface area (Å²) in [5.74, 6) is 2.18. The molecule has 0 aromatic rings. The molecule has 0 aromatic carbocycles. The lowest BCUT2D eigenvalue weighted by atomic mass is 9.79. The summed E-state index contributed by atoms with van der Waals surface area (Å²) in [7, 11) is 0. The molecule has 3 saturated carbocycles. The van der Waals surface area contributed by atoms with Crippen LogP contribution in [0, 0.1) is 29.1 Å². The van der Waals surface area contributed by atoms with E-state index in [4.69, 9.17) is 4.74 Å². The number of aliphatic hydroxyl groups excluding tert-OH is 1. The van der Waals surface area contributed by atoms with Crippen LogP contribution in [-0.2, 0) is 9.53 Å². The summed E-state index contributed by atoms with van der Waals surface area (Å²) in [6.45, 7) is 5.96. The molecule has 0 heterocycles. The Morgan fingerprint density at radius 1 is 1.26 bits per heavy atom. The summed E-state index contributed by atoms with van der Waals surface area (Å²) in [5, 5.41) is 9.99. The van der Waals surface area contributed by atoms with Crippen molar-refractivity contribution in [3.8, 4) is 0 Å². The van der Waals surface area contributed by atoms with Gasteiger partial charge in [-0.05, 0) is 63.7 Å². The Kier molecular flexibility index (Phi) is 3.16. The minimum Gasteiger partial charge on any atom is -0.462 e. The first-order valence-corrected chi connectivity index (χ1v) is 7.83. The second-order valence-electron chi connectivity index (χ2n) is 7.46. The largest absolute Gasteiger partial charge is 0.462 e. The maximum atomic E-state index is 12.2. The van der Waals surface area contributed by atoms with Crippen LogP contribution in [0.5, 0.6) is 0 Å². The summed E-state index contributed by atoms with van der Waals surface area (Å²) in [5.41, 5.74) is -0.366. The average Bonchev–Trinajstić information content (AvgIpc) is 3.01. The van der Waals surface area contributed by atoms with Crippen molar-refractivity contribution in [2.75, 3.05) is 0 Å². The first kappa shape index (κ1) is 13.4. The molecule has 6 unspecified atom stereocenters. The van der Waals surface area contributed by atoms with E-state index in [1.54, 1.807) is 0 Å². The van der Waals surface area contributed by atoms with Crippen molar-refractivity contribution in [2.24, 2.45) is 29.1 Å². The molecule has 3 fully saturated rings. The maximum absolute atomic E-state index is 12.2. The molecule has 6 atom stereocenters. The number of hydrogen-bond acceptors (Lipinski definition) is 3. The molecule has 0 saturated heterocycles. The summed E-state index contributed by atoms with van der Waals surface area (Å²) in [6.07, 6.45) is 5.06. The molecule has 0 radical (unpaired) electrons. The number of rotatable bonds is 3. The van der Waals surface area contributed by atoms with Crippen LogP contribution < -0.4 is 0 Å². The molecule has 3 aliphatic rings.